The van der Waals surface area contributed by atoms with Gasteiger partial charge < -0.3 is 9.47 Å². The summed E-state index contributed by atoms with van der Waals surface area (Å²) in [6.07, 6.45) is 4.24. The number of carbonyl (C=O) groups is 1. The van der Waals surface area contributed by atoms with E-state index in [1.165, 1.54) is 65.7 Å². The average Bonchev–Trinajstić information content (AvgIpc) is 3.84. The lowest BCUT2D eigenvalue weighted by atomic mass is 9.75. The molecule has 326 valence electrons. The van der Waals surface area contributed by atoms with E-state index < -0.39 is 54.3 Å². The summed E-state index contributed by atoms with van der Waals surface area (Å²) >= 11 is 0. The molecule has 0 fully saturated rings. The summed E-state index contributed by atoms with van der Waals surface area (Å²) in [6.45, 7) is 9.21. The summed E-state index contributed by atoms with van der Waals surface area (Å²) in [4.78, 5) is 17.2. The normalized spacial score (nSPS) is 19.1. The Hall–Kier alpha value is -5.71. The molecule has 0 amide bonds. The Labute approximate surface area is 360 Å². The Morgan fingerprint density at radius 2 is 1.69 bits per heavy atom. The summed E-state index contributed by atoms with van der Waals surface area (Å²) in [7, 11) is -3.96. The van der Waals surface area contributed by atoms with Crippen LogP contribution in [0.1, 0.15) is 75.0 Å². The van der Waals surface area contributed by atoms with Crippen LogP contribution < -0.4 is 4.74 Å². The van der Waals surface area contributed by atoms with E-state index in [1.54, 1.807) is 40.0 Å². The summed E-state index contributed by atoms with van der Waals surface area (Å²) in [6, 6.07) is 20.2. The van der Waals surface area contributed by atoms with Crippen LogP contribution in [0.5, 0.6) is 11.5 Å². The number of halogens is 2. The predicted molar refractivity (Wildman–Crippen MR) is 234 cm³/mol. The highest BCUT2D eigenvalue weighted by atomic mass is 32.2. The second-order valence-electron chi connectivity index (χ2n) is 16.7. The van der Waals surface area contributed by atoms with E-state index in [0.29, 0.717) is 31.5 Å². The van der Waals surface area contributed by atoms with Crippen LogP contribution in [-0.2, 0) is 48.5 Å². The minimum Gasteiger partial charge on any atom is -0.469 e. The fourth-order valence-corrected chi connectivity index (χ4v) is 10.5. The minimum absolute atomic E-state index is 0.00660. The summed E-state index contributed by atoms with van der Waals surface area (Å²) in [5.74, 6) is -2.25. The summed E-state index contributed by atoms with van der Waals surface area (Å²) in [5, 5.41) is 5.96. The van der Waals surface area contributed by atoms with Crippen molar-refractivity contribution in [3.63, 3.8) is 0 Å². The van der Waals surface area contributed by atoms with Crippen LogP contribution in [0.15, 0.2) is 95.4 Å². The van der Waals surface area contributed by atoms with Crippen LogP contribution >= 0.6 is 0 Å². The standard InChI is InChI=1S/C46H49F2N5O7S2/c1-29-13-16-34(17-14-29)62(57,58)53-23-19-35-36-20-24-61(55,56)52(7)45(3,4)21-10-22-46(5,32-12-9-11-31(26-32)25-30(2)43(54)59-8)44-49-42(51(6)50-44)37-27-33(15-18-38(37)47)60-41(36)39(48)28-40(35)53/h9,11-20,23-24,26-28,30H,10,21-22,25H2,1-8H3/b24-20-/t30-,46?/m0/s1. The third-order valence-corrected chi connectivity index (χ3v) is 15.4. The Morgan fingerprint density at radius 1 is 0.968 bits per heavy atom. The van der Waals surface area contributed by atoms with Gasteiger partial charge >= 0.3 is 5.97 Å². The number of sulfonamides is 1. The van der Waals surface area contributed by atoms with E-state index in [1.807, 2.05) is 38.1 Å². The highest BCUT2D eigenvalue weighted by Crippen LogP contribution is 2.41. The smallest absolute Gasteiger partial charge is 0.308 e. The number of rotatable bonds is 6. The first-order valence-electron chi connectivity index (χ1n) is 20.1. The van der Waals surface area contributed by atoms with E-state index >= 15 is 8.78 Å². The number of hydrogen-bond donors (Lipinski definition) is 0. The van der Waals surface area contributed by atoms with Gasteiger partial charge in [-0.05, 0) is 101 Å². The molecule has 1 unspecified atom stereocenters. The first-order valence-corrected chi connectivity index (χ1v) is 23.0. The van der Waals surface area contributed by atoms with Crippen LogP contribution in [0.4, 0.5) is 8.78 Å². The maximum Gasteiger partial charge on any atom is 0.308 e. The molecule has 4 aromatic carbocycles. The van der Waals surface area contributed by atoms with Gasteiger partial charge in [0.15, 0.2) is 23.2 Å². The third-order valence-electron chi connectivity index (χ3n) is 12.0. The zero-order chi connectivity index (χ0) is 44.9. The largest absolute Gasteiger partial charge is 0.469 e. The number of aromatic nitrogens is 4. The van der Waals surface area contributed by atoms with E-state index in [2.05, 4.69) is 0 Å². The monoisotopic (exact) mass is 885 g/mol. The lowest BCUT2D eigenvalue weighted by Gasteiger charge is -2.35. The van der Waals surface area contributed by atoms with Crippen LogP contribution in [0, 0.1) is 24.5 Å². The van der Waals surface area contributed by atoms with Gasteiger partial charge in [-0.2, -0.15) is 9.40 Å². The number of nitrogens with zero attached hydrogens (tertiary/aromatic N) is 5. The number of ether oxygens (including phenoxy) is 2. The molecular weight excluding hydrogens is 837 g/mol. The molecule has 0 spiro atoms. The van der Waals surface area contributed by atoms with Crippen molar-refractivity contribution in [2.75, 3.05) is 14.2 Å². The van der Waals surface area contributed by atoms with E-state index in [9.17, 15) is 21.6 Å². The lowest BCUT2D eigenvalue weighted by Crippen LogP contribution is -2.44. The lowest BCUT2D eigenvalue weighted by molar-refractivity contribution is -0.144. The highest BCUT2D eigenvalue weighted by molar-refractivity contribution is 7.92. The first kappa shape index (κ1) is 44.3. The Kier molecular flexibility index (Phi) is 11.8. The van der Waals surface area contributed by atoms with Crippen molar-refractivity contribution in [1.82, 2.24) is 23.0 Å². The minimum atomic E-state index is -4.22. The quantitative estimate of drug-likeness (QED) is 0.150. The summed E-state index contributed by atoms with van der Waals surface area (Å²) < 4.78 is 103. The molecule has 4 bridgehead atoms. The molecule has 7 rings (SSSR count). The maximum atomic E-state index is 16.6. The van der Waals surface area contributed by atoms with Gasteiger partial charge in [0.05, 0.1) is 34.4 Å². The molecule has 16 heteroatoms. The van der Waals surface area contributed by atoms with Crippen molar-refractivity contribution in [3.05, 3.63) is 130 Å². The van der Waals surface area contributed by atoms with Gasteiger partial charge in [-0.25, -0.2) is 39.3 Å². The molecule has 3 heterocycles. The van der Waals surface area contributed by atoms with Crippen molar-refractivity contribution in [2.24, 2.45) is 13.0 Å². The topological polar surface area (TPSA) is 143 Å². The van der Waals surface area contributed by atoms with Crippen LogP contribution in [0.25, 0.3) is 28.4 Å². The number of methoxy groups -OCH3 is 1. The summed E-state index contributed by atoms with van der Waals surface area (Å²) in [5.41, 5.74) is 0.657. The SMILES string of the molecule is COC(=O)[C@@H](C)Cc1cccc(C2(C)CCCC(C)(C)N(C)S(=O)(=O)/C=C\c3c(c(F)cc4c3ccn4S(=O)(=O)c3ccc(C)cc3)Oc3ccc(F)c(c3)-c3nc2nn3C)c1. The van der Waals surface area contributed by atoms with E-state index in [0.717, 1.165) is 38.2 Å². The van der Waals surface area contributed by atoms with Gasteiger partial charge in [-0.15, -0.1) is 0 Å². The van der Waals surface area contributed by atoms with Crippen molar-refractivity contribution in [3.8, 4) is 22.9 Å². The number of hydrogen-bond acceptors (Lipinski definition) is 9. The van der Waals surface area contributed by atoms with Gasteiger partial charge in [0.2, 0.25) is 10.0 Å². The average molecular weight is 886 g/mol. The molecule has 0 saturated carbocycles. The van der Waals surface area contributed by atoms with Crippen molar-refractivity contribution < 1.29 is 39.9 Å². The number of carbonyl (C=O) groups excluding carboxylic acids is 1. The van der Waals surface area contributed by atoms with Gasteiger partial charge in [0.25, 0.3) is 10.0 Å². The molecule has 0 radical (unpaired) electrons. The van der Waals surface area contributed by atoms with Gasteiger partial charge in [0.1, 0.15) is 11.6 Å². The number of esters is 1. The number of benzene rings is 4. The van der Waals surface area contributed by atoms with E-state index in [4.69, 9.17) is 19.6 Å². The van der Waals surface area contributed by atoms with Gasteiger partial charge in [0, 0.05) is 48.3 Å². The van der Waals surface area contributed by atoms with Crippen molar-refractivity contribution in [1.29, 1.82) is 0 Å². The number of aryl methyl sites for hydroxylation is 2. The molecule has 1 aliphatic heterocycles. The Balaban J connectivity index is 1.40. The van der Waals surface area contributed by atoms with Gasteiger partial charge in [-0.1, -0.05) is 55.3 Å². The molecule has 0 saturated heterocycles. The number of fused-ring (bicyclic) bond motifs is 8. The second-order valence-corrected chi connectivity index (χ2v) is 20.4. The van der Waals surface area contributed by atoms with Crippen molar-refractivity contribution in [2.45, 2.75) is 76.2 Å². The predicted octanol–water partition coefficient (Wildman–Crippen LogP) is 8.91. The van der Waals surface area contributed by atoms with Crippen LogP contribution in [-0.4, -0.2) is 65.5 Å². The fourth-order valence-electron chi connectivity index (χ4n) is 7.93. The molecule has 1 aliphatic rings. The molecule has 0 aliphatic carbocycles. The van der Waals surface area contributed by atoms with Crippen LogP contribution in [0.3, 0.4) is 0 Å². The molecule has 0 N–H and O–H groups in total. The Morgan fingerprint density at radius 3 is 2.40 bits per heavy atom. The molecule has 62 heavy (non-hydrogen) atoms. The van der Waals surface area contributed by atoms with E-state index in [-0.39, 0.29) is 44.5 Å². The molecule has 2 atom stereocenters. The Bertz CT molecular complexity index is 2960. The van der Waals surface area contributed by atoms with Gasteiger partial charge in [-0.3, -0.25) is 4.79 Å². The fraction of sp³-hybridized carbons (Fsp3) is 0.326. The molecular formula is C46H49F2N5O7S2. The zero-order valence-electron chi connectivity index (χ0n) is 35.8. The molecule has 2 aromatic heterocycles. The zero-order valence-corrected chi connectivity index (χ0v) is 37.4. The van der Waals surface area contributed by atoms with Crippen molar-refractivity contribution >= 4 is 43.0 Å². The second kappa shape index (κ2) is 16.5. The van der Waals surface area contributed by atoms with Crippen LogP contribution in [0.2, 0.25) is 0 Å². The molecule has 6 aromatic rings. The maximum absolute atomic E-state index is 16.6. The third kappa shape index (κ3) is 8.30. The first-order chi connectivity index (χ1) is 29.2. The molecule has 12 nitrogen and oxygen atoms in total. The highest BCUT2D eigenvalue weighted by Gasteiger charge is 2.37.